The number of amides is 2. The topological polar surface area (TPSA) is 63.7 Å². The molecule has 176 valence electrons. The predicted octanol–water partition coefficient (Wildman–Crippen LogP) is 5.03. The third kappa shape index (κ3) is 2.51. The minimum Gasteiger partial charge on any atom is -0.492 e. The van der Waals surface area contributed by atoms with Crippen molar-refractivity contribution in [2.24, 2.45) is 11.8 Å². The van der Waals surface area contributed by atoms with Crippen LogP contribution in [-0.4, -0.2) is 24.2 Å². The number of imide groups is 1. The van der Waals surface area contributed by atoms with Crippen LogP contribution in [0.3, 0.4) is 0 Å². The molecular weight excluding hydrogens is 438 g/mol. The van der Waals surface area contributed by atoms with E-state index in [2.05, 4.69) is 38.1 Å². The van der Waals surface area contributed by atoms with Crippen LogP contribution in [-0.2, 0) is 20.4 Å². The number of Topliss-reactive ketones (excluding diaryl/α,β-unsaturated/α-hetero) is 1. The van der Waals surface area contributed by atoms with Gasteiger partial charge in [-0.2, -0.15) is 0 Å². The number of ketones is 1. The Morgan fingerprint density at radius 2 is 1.29 bits per heavy atom. The third-order valence-corrected chi connectivity index (χ3v) is 8.55. The summed E-state index contributed by atoms with van der Waals surface area (Å²) in [5.74, 6) is -1.29. The van der Waals surface area contributed by atoms with E-state index in [1.807, 2.05) is 31.2 Å². The Balaban J connectivity index is 1.62. The normalized spacial score (nSPS) is 27.9. The molecule has 35 heavy (non-hydrogen) atoms. The van der Waals surface area contributed by atoms with E-state index in [1.165, 1.54) is 11.8 Å². The molecule has 1 heterocycles. The van der Waals surface area contributed by atoms with Gasteiger partial charge < -0.3 is 4.74 Å². The van der Waals surface area contributed by atoms with Crippen LogP contribution in [0.2, 0.25) is 0 Å². The zero-order chi connectivity index (χ0) is 24.7. The highest BCUT2D eigenvalue weighted by molar-refractivity contribution is 6.25. The van der Waals surface area contributed by atoms with E-state index in [1.54, 1.807) is 18.2 Å². The van der Waals surface area contributed by atoms with Gasteiger partial charge in [0, 0.05) is 16.4 Å². The van der Waals surface area contributed by atoms with E-state index in [9.17, 15) is 14.4 Å². The summed E-state index contributed by atoms with van der Waals surface area (Å²) in [4.78, 5) is 42.1. The van der Waals surface area contributed by atoms with Gasteiger partial charge in [-0.15, -0.1) is 0 Å². The van der Waals surface area contributed by atoms with Crippen molar-refractivity contribution in [2.45, 2.75) is 38.5 Å². The molecule has 4 aliphatic rings. The Kier molecular flexibility index (Phi) is 4.44. The van der Waals surface area contributed by atoms with Crippen molar-refractivity contribution in [3.05, 3.63) is 94.5 Å². The maximum atomic E-state index is 14.3. The predicted molar refractivity (Wildman–Crippen MR) is 133 cm³/mol. The molecule has 0 saturated carbocycles. The molecule has 0 radical (unpaired) electrons. The monoisotopic (exact) mass is 465 g/mol. The van der Waals surface area contributed by atoms with Gasteiger partial charge >= 0.3 is 0 Å². The second kappa shape index (κ2) is 7.14. The zero-order valence-electron chi connectivity index (χ0n) is 20.3. The summed E-state index contributed by atoms with van der Waals surface area (Å²) < 4.78 is 5.82. The maximum absolute atomic E-state index is 14.3. The summed E-state index contributed by atoms with van der Waals surface area (Å²) in [7, 11) is 0. The highest BCUT2D eigenvalue weighted by Crippen LogP contribution is 2.66. The molecule has 0 N–H and O–H groups in total. The van der Waals surface area contributed by atoms with Crippen molar-refractivity contribution in [1.82, 2.24) is 0 Å². The number of hydrogen-bond acceptors (Lipinski definition) is 4. The first-order valence-corrected chi connectivity index (χ1v) is 12.1. The number of carbonyl (C=O) groups is 3. The molecule has 1 saturated heterocycles. The molecular formula is C30H27NO4. The van der Waals surface area contributed by atoms with Gasteiger partial charge in [-0.3, -0.25) is 14.4 Å². The fraction of sp³-hybridized carbons (Fsp3) is 0.300. The number of hydrogen-bond donors (Lipinski definition) is 0. The fourth-order valence-corrected chi connectivity index (χ4v) is 7.00. The van der Waals surface area contributed by atoms with Crippen molar-refractivity contribution in [2.75, 3.05) is 11.5 Å². The van der Waals surface area contributed by atoms with Crippen LogP contribution in [0, 0.1) is 11.8 Å². The lowest BCUT2D eigenvalue weighted by molar-refractivity contribution is -0.124. The highest BCUT2D eigenvalue weighted by atomic mass is 16.5. The molecule has 0 aromatic heterocycles. The van der Waals surface area contributed by atoms with Crippen LogP contribution in [0.15, 0.2) is 66.7 Å². The molecule has 3 aromatic rings. The lowest BCUT2D eigenvalue weighted by Crippen LogP contribution is -2.59. The minimum absolute atomic E-state index is 0.135. The van der Waals surface area contributed by atoms with E-state index in [0.29, 0.717) is 23.6 Å². The van der Waals surface area contributed by atoms with Gasteiger partial charge in [-0.25, -0.2) is 4.90 Å². The zero-order valence-corrected chi connectivity index (χ0v) is 20.3. The molecule has 7 rings (SSSR count). The van der Waals surface area contributed by atoms with E-state index >= 15 is 0 Å². The van der Waals surface area contributed by atoms with Crippen LogP contribution in [0.4, 0.5) is 5.69 Å². The van der Waals surface area contributed by atoms with E-state index in [-0.39, 0.29) is 17.6 Å². The highest BCUT2D eigenvalue weighted by Gasteiger charge is 2.70. The van der Waals surface area contributed by atoms with E-state index in [4.69, 9.17) is 4.74 Å². The number of anilines is 1. The standard InChI is InChI=1S/C30H27NO4/c1-5-35-24-15-14-18(17(2)32)16-23(24)31-27(33)25-26(28(31)34)30(4)21-12-8-6-10-19(21)29(25,3)20-11-7-9-13-22(20)30/h6-16,25-26H,5H2,1-4H3/t25-,26-,29?,30?/m1/s1. The summed E-state index contributed by atoms with van der Waals surface area (Å²) in [6.07, 6.45) is 0. The molecule has 2 atom stereocenters. The maximum Gasteiger partial charge on any atom is 0.239 e. The van der Waals surface area contributed by atoms with Gasteiger partial charge in [0.1, 0.15) is 5.75 Å². The molecule has 2 bridgehead atoms. The molecule has 0 unspecified atom stereocenters. The van der Waals surface area contributed by atoms with Gasteiger partial charge in [-0.1, -0.05) is 62.4 Å². The first kappa shape index (κ1) is 21.8. The lowest BCUT2D eigenvalue weighted by atomic mass is 9.42. The average molecular weight is 466 g/mol. The average Bonchev–Trinajstić information content (AvgIpc) is 3.14. The van der Waals surface area contributed by atoms with Gasteiger partial charge in [0.05, 0.1) is 24.1 Å². The molecule has 1 fully saturated rings. The smallest absolute Gasteiger partial charge is 0.239 e. The first-order valence-electron chi connectivity index (χ1n) is 12.1. The van der Waals surface area contributed by atoms with Crippen molar-refractivity contribution in [1.29, 1.82) is 0 Å². The van der Waals surface area contributed by atoms with Gasteiger partial charge in [-0.05, 0) is 54.3 Å². The lowest BCUT2D eigenvalue weighted by Gasteiger charge is -2.57. The van der Waals surface area contributed by atoms with Crippen LogP contribution in [0.5, 0.6) is 5.75 Å². The second-order valence-corrected chi connectivity index (χ2v) is 10.1. The van der Waals surface area contributed by atoms with Gasteiger partial charge in [0.2, 0.25) is 11.8 Å². The Labute approximate surface area is 204 Å². The van der Waals surface area contributed by atoms with Crippen molar-refractivity contribution in [3.63, 3.8) is 0 Å². The first-order chi connectivity index (χ1) is 16.8. The summed E-state index contributed by atoms with van der Waals surface area (Å²) in [5.41, 5.74) is 3.90. The number of carbonyl (C=O) groups excluding carboxylic acids is 3. The number of nitrogens with zero attached hydrogens (tertiary/aromatic N) is 1. The molecule has 5 nitrogen and oxygen atoms in total. The molecule has 3 aliphatic carbocycles. The van der Waals surface area contributed by atoms with Crippen LogP contribution < -0.4 is 9.64 Å². The van der Waals surface area contributed by atoms with Crippen molar-refractivity contribution in [3.8, 4) is 5.75 Å². The Morgan fingerprint density at radius 3 is 1.69 bits per heavy atom. The number of benzene rings is 3. The minimum atomic E-state index is -0.652. The van der Waals surface area contributed by atoms with Crippen LogP contribution in [0.25, 0.3) is 0 Å². The SMILES string of the molecule is CCOc1ccc(C(C)=O)cc1N1C(=O)[C@H]2[C@H](C1=O)C1(C)c3ccccc3C2(C)c2ccccc21. The molecule has 1 aliphatic heterocycles. The van der Waals surface area contributed by atoms with Gasteiger partial charge in [0.15, 0.2) is 5.78 Å². The van der Waals surface area contributed by atoms with Gasteiger partial charge in [0.25, 0.3) is 0 Å². The molecule has 5 heteroatoms. The Bertz CT molecular complexity index is 1320. The summed E-state index contributed by atoms with van der Waals surface area (Å²) in [6.45, 7) is 7.91. The van der Waals surface area contributed by atoms with E-state index < -0.39 is 22.7 Å². The summed E-state index contributed by atoms with van der Waals surface area (Å²) in [5, 5.41) is 0. The molecule has 0 spiro atoms. The van der Waals surface area contributed by atoms with Crippen LogP contribution in [0.1, 0.15) is 60.3 Å². The molecule has 2 amide bonds. The number of ether oxygens (including phenoxy) is 1. The van der Waals surface area contributed by atoms with Crippen molar-refractivity contribution >= 4 is 23.3 Å². The van der Waals surface area contributed by atoms with Crippen molar-refractivity contribution < 1.29 is 19.1 Å². The summed E-state index contributed by atoms with van der Waals surface area (Å²) in [6, 6.07) is 21.4. The van der Waals surface area contributed by atoms with Crippen LogP contribution >= 0.6 is 0 Å². The summed E-state index contributed by atoms with van der Waals surface area (Å²) >= 11 is 0. The van der Waals surface area contributed by atoms with E-state index in [0.717, 1.165) is 22.3 Å². The third-order valence-electron chi connectivity index (χ3n) is 8.55. The largest absolute Gasteiger partial charge is 0.492 e. The quantitative estimate of drug-likeness (QED) is 0.400. The number of rotatable bonds is 4. The Hall–Kier alpha value is -3.73. The Morgan fingerprint density at radius 1 is 0.829 bits per heavy atom. The second-order valence-electron chi connectivity index (χ2n) is 10.1. The molecule has 3 aromatic carbocycles. The fourth-order valence-electron chi connectivity index (χ4n) is 7.00.